The summed E-state index contributed by atoms with van der Waals surface area (Å²) in [6.45, 7) is 9.25. The van der Waals surface area contributed by atoms with Crippen LogP contribution in [0.25, 0.3) is 0 Å². The van der Waals surface area contributed by atoms with Crippen LogP contribution in [0.1, 0.15) is 27.2 Å². The monoisotopic (exact) mass is 191 g/mol. The quantitative estimate of drug-likeness (QED) is 0.488. The van der Waals surface area contributed by atoms with E-state index in [1.807, 2.05) is 6.92 Å². The van der Waals surface area contributed by atoms with Crippen LogP contribution in [0.5, 0.6) is 0 Å². The normalized spacial score (nSPS) is 13.8. The van der Waals surface area contributed by atoms with Gasteiger partial charge < -0.3 is 4.74 Å². The molecule has 0 N–H and O–H groups in total. The molecule has 0 radical (unpaired) electrons. The zero-order valence-electron chi connectivity index (χ0n) is 8.42. The molecule has 0 aromatic carbocycles. The van der Waals surface area contributed by atoms with E-state index in [9.17, 15) is 0 Å². The van der Waals surface area contributed by atoms with E-state index in [1.54, 1.807) is 0 Å². The van der Waals surface area contributed by atoms with E-state index < -0.39 is 0 Å². The SMILES string of the molecule is CCOC(CCS)N(CC)CC. The summed E-state index contributed by atoms with van der Waals surface area (Å²) in [7, 11) is 0. The first-order valence-electron chi connectivity index (χ1n) is 4.76. The highest BCUT2D eigenvalue weighted by molar-refractivity contribution is 7.80. The molecule has 3 heteroatoms. The van der Waals surface area contributed by atoms with Crippen LogP contribution in [-0.2, 0) is 4.74 Å². The molecule has 0 fully saturated rings. The van der Waals surface area contributed by atoms with Crippen molar-refractivity contribution in [3.63, 3.8) is 0 Å². The summed E-state index contributed by atoms with van der Waals surface area (Å²) in [5.41, 5.74) is 0. The molecule has 0 amide bonds. The predicted molar refractivity (Wildman–Crippen MR) is 56.8 cm³/mol. The lowest BCUT2D eigenvalue weighted by Crippen LogP contribution is -2.37. The van der Waals surface area contributed by atoms with Crippen molar-refractivity contribution in [2.45, 2.75) is 33.4 Å². The molecule has 0 heterocycles. The summed E-state index contributed by atoms with van der Waals surface area (Å²) < 4.78 is 5.60. The Kier molecular flexibility index (Phi) is 8.07. The molecular weight excluding hydrogens is 170 g/mol. The van der Waals surface area contributed by atoms with Crippen LogP contribution in [0, 0.1) is 0 Å². The van der Waals surface area contributed by atoms with Gasteiger partial charge in [0.1, 0.15) is 6.23 Å². The van der Waals surface area contributed by atoms with E-state index in [-0.39, 0.29) is 6.23 Å². The average molecular weight is 191 g/mol. The average Bonchev–Trinajstić information content (AvgIpc) is 2.07. The fraction of sp³-hybridized carbons (Fsp3) is 1.00. The first-order chi connectivity index (χ1) is 5.79. The second-order valence-corrected chi connectivity index (χ2v) is 3.09. The van der Waals surface area contributed by atoms with E-state index in [1.165, 1.54) is 0 Å². The third-order valence-electron chi connectivity index (χ3n) is 1.95. The summed E-state index contributed by atoms with van der Waals surface area (Å²) in [4.78, 5) is 2.32. The molecule has 74 valence electrons. The fourth-order valence-electron chi connectivity index (χ4n) is 1.31. The van der Waals surface area contributed by atoms with Crippen LogP contribution in [0.3, 0.4) is 0 Å². The van der Waals surface area contributed by atoms with Crippen molar-refractivity contribution >= 4 is 12.6 Å². The van der Waals surface area contributed by atoms with Crippen molar-refractivity contribution in [2.75, 3.05) is 25.4 Å². The highest BCUT2D eigenvalue weighted by Gasteiger charge is 2.13. The molecule has 1 unspecified atom stereocenters. The van der Waals surface area contributed by atoms with Crippen LogP contribution < -0.4 is 0 Å². The van der Waals surface area contributed by atoms with Gasteiger partial charge in [0.2, 0.25) is 0 Å². The first kappa shape index (κ1) is 12.3. The van der Waals surface area contributed by atoms with E-state index >= 15 is 0 Å². The molecule has 2 nitrogen and oxygen atoms in total. The Morgan fingerprint density at radius 1 is 1.25 bits per heavy atom. The highest BCUT2D eigenvalue weighted by Crippen LogP contribution is 2.06. The minimum absolute atomic E-state index is 0.266. The number of hydrogen-bond acceptors (Lipinski definition) is 3. The first-order valence-corrected chi connectivity index (χ1v) is 5.39. The number of hydrogen-bond donors (Lipinski definition) is 1. The molecule has 1 atom stereocenters. The predicted octanol–water partition coefficient (Wildman–Crippen LogP) is 2.01. The van der Waals surface area contributed by atoms with Gasteiger partial charge in [-0.15, -0.1) is 0 Å². The Labute approximate surface area is 81.7 Å². The maximum Gasteiger partial charge on any atom is 0.111 e. The van der Waals surface area contributed by atoms with Crippen molar-refractivity contribution in [1.82, 2.24) is 4.90 Å². The van der Waals surface area contributed by atoms with Gasteiger partial charge in [-0.2, -0.15) is 12.6 Å². The van der Waals surface area contributed by atoms with Gasteiger partial charge in [0, 0.05) is 6.61 Å². The molecular formula is C9H21NOS. The van der Waals surface area contributed by atoms with Crippen molar-refractivity contribution in [1.29, 1.82) is 0 Å². The zero-order valence-corrected chi connectivity index (χ0v) is 9.31. The summed E-state index contributed by atoms with van der Waals surface area (Å²) in [6.07, 6.45) is 1.28. The summed E-state index contributed by atoms with van der Waals surface area (Å²) >= 11 is 4.22. The van der Waals surface area contributed by atoms with Crippen LogP contribution in [0.4, 0.5) is 0 Å². The molecule has 0 saturated carbocycles. The molecule has 0 aromatic rings. The lowest BCUT2D eigenvalue weighted by atomic mass is 10.3. The summed E-state index contributed by atoms with van der Waals surface area (Å²) in [6, 6.07) is 0. The molecule has 0 spiro atoms. The van der Waals surface area contributed by atoms with Crippen LogP contribution in [-0.4, -0.2) is 36.6 Å². The Balaban J connectivity index is 3.86. The van der Waals surface area contributed by atoms with Gasteiger partial charge in [0.05, 0.1) is 0 Å². The standard InChI is InChI=1S/C9H21NOS/c1-4-10(5-2)9(7-8-12)11-6-3/h9,12H,4-8H2,1-3H3. The molecule has 0 aliphatic heterocycles. The van der Waals surface area contributed by atoms with E-state index in [0.717, 1.165) is 31.9 Å². The van der Waals surface area contributed by atoms with Crippen LogP contribution in [0.15, 0.2) is 0 Å². The maximum absolute atomic E-state index is 5.60. The maximum atomic E-state index is 5.60. The van der Waals surface area contributed by atoms with Crippen molar-refractivity contribution in [3.8, 4) is 0 Å². The molecule has 0 rings (SSSR count). The highest BCUT2D eigenvalue weighted by atomic mass is 32.1. The smallest absolute Gasteiger partial charge is 0.111 e. The van der Waals surface area contributed by atoms with E-state index in [4.69, 9.17) is 4.74 Å². The number of nitrogens with zero attached hydrogens (tertiary/aromatic N) is 1. The second kappa shape index (κ2) is 7.90. The van der Waals surface area contributed by atoms with Gasteiger partial charge in [-0.3, -0.25) is 4.90 Å². The van der Waals surface area contributed by atoms with Crippen molar-refractivity contribution in [2.24, 2.45) is 0 Å². The molecule has 0 aliphatic rings. The fourth-order valence-corrected chi connectivity index (χ4v) is 1.53. The summed E-state index contributed by atoms with van der Waals surface area (Å²) in [5, 5.41) is 0. The number of rotatable bonds is 7. The minimum Gasteiger partial charge on any atom is -0.363 e. The Morgan fingerprint density at radius 2 is 1.83 bits per heavy atom. The lowest BCUT2D eigenvalue weighted by molar-refractivity contribution is -0.0510. The second-order valence-electron chi connectivity index (χ2n) is 2.64. The van der Waals surface area contributed by atoms with Gasteiger partial charge >= 0.3 is 0 Å². The molecule has 0 saturated heterocycles. The topological polar surface area (TPSA) is 12.5 Å². The lowest BCUT2D eigenvalue weighted by Gasteiger charge is -2.28. The van der Waals surface area contributed by atoms with E-state index in [0.29, 0.717) is 0 Å². The van der Waals surface area contributed by atoms with Gasteiger partial charge in [-0.05, 0) is 32.2 Å². The van der Waals surface area contributed by atoms with Crippen molar-refractivity contribution < 1.29 is 4.74 Å². The zero-order chi connectivity index (χ0) is 9.40. The Bertz CT molecular complexity index is 90.5. The van der Waals surface area contributed by atoms with Crippen LogP contribution >= 0.6 is 12.6 Å². The van der Waals surface area contributed by atoms with Crippen molar-refractivity contribution in [3.05, 3.63) is 0 Å². The third-order valence-corrected chi connectivity index (χ3v) is 2.21. The van der Waals surface area contributed by atoms with Gasteiger partial charge in [-0.1, -0.05) is 13.8 Å². The molecule has 12 heavy (non-hydrogen) atoms. The van der Waals surface area contributed by atoms with E-state index in [2.05, 4.69) is 31.4 Å². The molecule has 0 aliphatic carbocycles. The van der Waals surface area contributed by atoms with Gasteiger partial charge in [-0.25, -0.2) is 0 Å². The third kappa shape index (κ3) is 4.33. The number of ether oxygens (including phenoxy) is 1. The van der Waals surface area contributed by atoms with Gasteiger partial charge in [0.15, 0.2) is 0 Å². The Morgan fingerprint density at radius 3 is 2.17 bits per heavy atom. The van der Waals surface area contributed by atoms with Crippen LogP contribution in [0.2, 0.25) is 0 Å². The Hall–Kier alpha value is 0.270. The number of thiol groups is 1. The molecule has 0 bridgehead atoms. The molecule has 0 aromatic heterocycles. The van der Waals surface area contributed by atoms with Gasteiger partial charge in [0.25, 0.3) is 0 Å². The summed E-state index contributed by atoms with van der Waals surface area (Å²) in [5.74, 6) is 0.890. The largest absolute Gasteiger partial charge is 0.363 e. The minimum atomic E-state index is 0.266.